The maximum absolute atomic E-state index is 4.68. The Morgan fingerprint density at radius 3 is 2.80 bits per heavy atom. The molecule has 3 atom stereocenters. The molecule has 2 nitrogen and oxygen atoms in total. The van der Waals surface area contributed by atoms with Gasteiger partial charge in [0.2, 0.25) is 0 Å². The van der Waals surface area contributed by atoms with Gasteiger partial charge in [-0.25, -0.2) is 4.98 Å². The van der Waals surface area contributed by atoms with Crippen LogP contribution in [0.4, 0.5) is 0 Å². The Kier molecular flexibility index (Phi) is 6.50. The smallest absolute Gasteiger partial charge is 0.0943 e. The van der Waals surface area contributed by atoms with Gasteiger partial charge in [0.05, 0.1) is 5.01 Å². The van der Waals surface area contributed by atoms with E-state index in [2.05, 4.69) is 36.5 Å². The zero-order valence-electron chi connectivity index (χ0n) is 13.3. The average molecular weight is 295 g/mol. The highest BCUT2D eigenvalue weighted by Crippen LogP contribution is 2.35. The second kappa shape index (κ2) is 8.14. The van der Waals surface area contributed by atoms with E-state index in [0.717, 1.165) is 24.8 Å². The lowest BCUT2D eigenvalue weighted by Gasteiger charge is -2.37. The van der Waals surface area contributed by atoms with Crippen LogP contribution in [0.15, 0.2) is 5.38 Å². The fourth-order valence-corrected chi connectivity index (χ4v) is 4.49. The molecular formula is C17H30N2S. The molecule has 2 rings (SSSR count). The van der Waals surface area contributed by atoms with Gasteiger partial charge in [0, 0.05) is 23.5 Å². The maximum Gasteiger partial charge on any atom is 0.0943 e. The van der Waals surface area contributed by atoms with Crippen molar-refractivity contribution in [2.45, 2.75) is 71.8 Å². The molecule has 0 aliphatic heterocycles. The molecule has 114 valence electrons. The Hall–Kier alpha value is -0.410. The summed E-state index contributed by atoms with van der Waals surface area (Å²) in [6, 6.07) is 0.630. The predicted octanol–water partition coefficient (Wildman–Crippen LogP) is 4.58. The van der Waals surface area contributed by atoms with E-state index in [1.165, 1.54) is 49.2 Å². The molecular weight excluding hydrogens is 264 g/mol. The number of aryl methyl sites for hydroxylation is 1. The Bertz CT molecular complexity index is 388. The number of aromatic nitrogens is 1. The molecule has 1 aromatic heterocycles. The van der Waals surface area contributed by atoms with Crippen LogP contribution in [0.2, 0.25) is 0 Å². The van der Waals surface area contributed by atoms with Gasteiger partial charge in [0.15, 0.2) is 0 Å². The second-order valence-electron chi connectivity index (χ2n) is 6.26. The van der Waals surface area contributed by atoms with Crippen molar-refractivity contribution in [1.82, 2.24) is 10.3 Å². The van der Waals surface area contributed by atoms with Crippen LogP contribution < -0.4 is 5.32 Å². The Balaban J connectivity index is 2.04. The first-order chi connectivity index (χ1) is 9.74. The molecule has 0 radical (unpaired) electrons. The third kappa shape index (κ3) is 4.29. The number of rotatable bonds is 7. The van der Waals surface area contributed by atoms with Gasteiger partial charge in [-0.05, 0) is 38.1 Å². The lowest BCUT2D eigenvalue weighted by atomic mass is 9.73. The summed E-state index contributed by atoms with van der Waals surface area (Å²) in [6.45, 7) is 7.87. The van der Waals surface area contributed by atoms with Gasteiger partial charge in [0.1, 0.15) is 0 Å². The van der Waals surface area contributed by atoms with Gasteiger partial charge in [-0.15, -0.1) is 11.3 Å². The third-order valence-corrected chi connectivity index (χ3v) is 5.72. The van der Waals surface area contributed by atoms with Crippen LogP contribution in [-0.4, -0.2) is 17.6 Å². The number of nitrogens with zero attached hydrogens (tertiary/aromatic N) is 1. The molecule has 1 aromatic rings. The van der Waals surface area contributed by atoms with Crippen molar-refractivity contribution < 1.29 is 0 Å². The van der Waals surface area contributed by atoms with E-state index in [1.54, 1.807) is 0 Å². The van der Waals surface area contributed by atoms with Gasteiger partial charge in [-0.3, -0.25) is 0 Å². The Labute approximate surface area is 128 Å². The van der Waals surface area contributed by atoms with E-state index in [9.17, 15) is 0 Å². The average Bonchev–Trinajstić information content (AvgIpc) is 2.88. The summed E-state index contributed by atoms with van der Waals surface area (Å²) in [6.07, 6.45) is 9.38. The predicted molar refractivity (Wildman–Crippen MR) is 88.4 cm³/mol. The lowest BCUT2D eigenvalue weighted by Crippen LogP contribution is -2.43. The van der Waals surface area contributed by atoms with Gasteiger partial charge >= 0.3 is 0 Å². The number of hydrogen-bond donors (Lipinski definition) is 1. The lowest BCUT2D eigenvalue weighted by molar-refractivity contribution is 0.174. The van der Waals surface area contributed by atoms with E-state index in [4.69, 9.17) is 0 Å². The van der Waals surface area contributed by atoms with Crippen molar-refractivity contribution in [3.05, 3.63) is 16.1 Å². The van der Waals surface area contributed by atoms with Gasteiger partial charge in [-0.1, -0.05) is 39.5 Å². The van der Waals surface area contributed by atoms with Crippen LogP contribution in [0.3, 0.4) is 0 Å². The summed E-state index contributed by atoms with van der Waals surface area (Å²) in [5, 5.41) is 7.33. The molecule has 1 N–H and O–H groups in total. The molecule has 1 aliphatic rings. The fraction of sp³-hybridized carbons (Fsp3) is 0.824. The summed E-state index contributed by atoms with van der Waals surface area (Å²) < 4.78 is 0. The van der Waals surface area contributed by atoms with E-state index in [1.807, 2.05) is 11.3 Å². The van der Waals surface area contributed by atoms with Crippen molar-refractivity contribution >= 4 is 11.3 Å². The zero-order valence-corrected chi connectivity index (χ0v) is 14.1. The molecule has 0 amide bonds. The number of nitrogens with one attached hydrogen (secondary N) is 1. The molecule has 20 heavy (non-hydrogen) atoms. The highest BCUT2D eigenvalue weighted by Gasteiger charge is 2.30. The van der Waals surface area contributed by atoms with E-state index < -0.39 is 0 Å². The summed E-state index contributed by atoms with van der Waals surface area (Å²) in [4.78, 5) is 4.68. The van der Waals surface area contributed by atoms with Crippen LogP contribution in [0.1, 0.15) is 63.1 Å². The van der Waals surface area contributed by atoms with E-state index >= 15 is 0 Å². The summed E-state index contributed by atoms with van der Waals surface area (Å²) in [5.41, 5.74) is 1.18. The van der Waals surface area contributed by atoms with E-state index in [0.29, 0.717) is 6.04 Å². The van der Waals surface area contributed by atoms with Crippen molar-refractivity contribution in [3.63, 3.8) is 0 Å². The zero-order chi connectivity index (χ0) is 14.4. The van der Waals surface area contributed by atoms with Crippen LogP contribution >= 0.6 is 11.3 Å². The van der Waals surface area contributed by atoms with Gasteiger partial charge < -0.3 is 5.32 Å². The summed E-state index contributed by atoms with van der Waals surface area (Å²) in [7, 11) is 0. The second-order valence-corrected chi connectivity index (χ2v) is 7.21. The SMILES string of the molecule is CCCNC(Cc1nc(C)cs1)C1CCCCC1CC. The third-order valence-electron chi connectivity index (χ3n) is 4.73. The minimum Gasteiger partial charge on any atom is -0.313 e. The minimum absolute atomic E-state index is 0.630. The topological polar surface area (TPSA) is 24.9 Å². The largest absolute Gasteiger partial charge is 0.313 e. The monoisotopic (exact) mass is 294 g/mol. The number of hydrogen-bond acceptors (Lipinski definition) is 3. The minimum atomic E-state index is 0.630. The fourth-order valence-electron chi connectivity index (χ4n) is 3.66. The molecule has 3 unspecified atom stereocenters. The standard InChI is InChI=1S/C17H30N2S/c1-4-10-18-16(11-17-19-13(3)12-20-17)15-9-7-6-8-14(15)5-2/h12,14-16,18H,4-11H2,1-3H3. The van der Waals surface area contributed by atoms with Crippen LogP contribution in [0.5, 0.6) is 0 Å². The molecule has 0 saturated heterocycles. The molecule has 1 saturated carbocycles. The Morgan fingerprint density at radius 1 is 1.35 bits per heavy atom. The molecule has 1 aliphatic carbocycles. The maximum atomic E-state index is 4.68. The Morgan fingerprint density at radius 2 is 2.15 bits per heavy atom. The molecule has 0 aromatic carbocycles. The number of thiazole rings is 1. The molecule has 0 bridgehead atoms. The molecule has 1 heterocycles. The normalized spacial score (nSPS) is 24.8. The van der Waals surface area contributed by atoms with Crippen molar-refractivity contribution in [2.24, 2.45) is 11.8 Å². The highest BCUT2D eigenvalue weighted by molar-refractivity contribution is 7.09. The van der Waals surface area contributed by atoms with Crippen LogP contribution in [-0.2, 0) is 6.42 Å². The van der Waals surface area contributed by atoms with Gasteiger partial charge in [-0.2, -0.15) is 0 Å². The van der Waals surface area contributed by atoms with Crippen LogP contribution in [0.25, 0.3) is 0 Å². The first-order valence-electron chi connectivity index (χ1n) is 8.39. The van der Waals surface area contributed by atoms with Crippen LogP contribution in [0, 0.1) is 18.8 Å². The molecule has 0 spiro atoms. The van der Waals surface area contributed by atoms with Crippen molar-refractivity contribution in [3.8, 4) is 0 Å². The molecule has 3 heteroatoms. The highest BCUT2D eigenvalue weighted by atomic mass is 32.1. The van der Waals surface area contributed by atoms with Crippen molar-refractivity contribution in [1.29, 1.82) is 0 Å². The van der Waals surface area contributed by atoms with E-state index in [-0.39, 0.29) is 0 Å². The summed E-state index contributed by atoms with van der Waals surface area (Å²) in [5.74, 6) is 1.77. The quantitative estimate of drug-likeness (QED) is 0.796. The molecule has 1 fully saturated rings. The van der Waals surface area contributed by atoms with Gasteiger partial charge in [0.25, 0.3) is 0 Å². The first-order valence-corrected chi connectivity index (χ1v) is 9.27. The summed E-state index contributed by atoms with van der Waals surface area (Å²) >= 11 is 1.83. The first kappa shape index (κ1) is 16.0. The van der Waals surface area contributed by atoms with Crippen molar-refractivity contribution in [2.75, 3.05) is 6.54 Å².